The molecule has 3 rings (SSSR count). The zero-order valence-corrected chi connectivity index (χ0v) is 15.4. The van der Waals surface area contributed by atoms with Crippen LogP contribution in [0.4, 0.5) is 5.69 Å². The summed E-state index contributed by atoms with van der Waals surface area (Å²) in [6.07, 6.45) is 3.37. The number of benzene rings is 2. The average molecular weight is 362 g/mol. The van der Waals surface area contributed by atoms with Crippen LogP contribution in [0.3, 0.4) is 0 Å². The number of hydrogen-bond acceptors (Lipinski definition) is 3. The Hall–Kier alpha value is -3.41. The van der Waals surface area contributed by atoms with Crippen LogP contribution in [-0.4, -0.2) is 21.6 Å². The van der Waals surface area contributed by atoms with E-state index < -0.39 is 0 Å². The number of carbonyl (C=O) groups is 2. The van der Waals surface area contributed by atoms with Crippen molar-refractivity contribution >= 4 is 17.5 Å². The minimum absolute atomic E-state index is 0.107. The second-order valence-corrected chi connectivity index (χ2v) is 6.45. The van der Waals surface area contributed by atoms with Crippen molar-refractivity contribution in [1.82, 2.24) is 15.1 Å². The molecular formula is C21H22N4O2. The Bertz CT molecular complexity index is 949. The molecule has 1 aromatic heterocycles. The molecule has 0 aliphatic rings. The average Bonchev–Trinajstić information content (AvgIpc) is 3.15. The summed E-state index contributed by atoms with van der Waals surface area (Å²) >= 11 is 0. The van der Waals surface area contributed by atoms with E-state index in [1.165, 1.54) is 0 Å². The molecule has 2 aromatic carbocycles. The summed E-state index contributed by atoms with van der Waals surface area (Å²) in [6.45, 7) is 4.42. The van der Waals surface area contributed by atoms with Crippen LogP contribution < -0.4 is 10.6 Å². The first-order chi connectivity index (χ1) is 13.0. The molecule has 0 fully saturated rings. The lowest BCUT2D eigenvalue weighted by Gasteiger charge is -2.10. The van der Waals surface area contributed by atoms with Crippen LogP contribution in [0.5, 0.6) is 0 Å². The van der Waals surface area contributed by atoms with Crippen molar-refractivity contribution in [3.63, 3.8) is 0 Å². The van der Waals surface area contributed by atoms with Gasteiger partial charge >= 0.3 is 0 Å². The lowest BCUT2D eigenvalue weighted by molar-refractivity contribution is -0.116. The van der Waals surface area contributed by atoms with Gasteiger partial charge in [0.05, 0.1) is 0 Å². The summed E-state index contributed by atoms with van der Waals surface area (Å²) < 4.78 is 1.56. The van der Waals surface area contributed by atoms with E-state index in [1.54, 1.807) is 23.1 Å². The summed E-state index contributed by atoms with van der Waals surface area (Å²) in [7, 11) is 0. The highest BCUT2D eigenvalue weighted by Gasteiger charge is 2.09. The van der Waals surface area contributed by atoms with Gasteiger partial charge in [-0.15, -0.1) is 0 Å². The third-order valence-corrected chi connectivity index (χ3v) is 4.17. The number of carbonyl (C=O) groups excluding carboxylic acids is 2. The smallest absolute Gasteiger partial charge is 0.251 e. The number of nitrogens with one attached hydrogen (secondary N) is 2. The van der Waals surface area contributed by atoms with Crippen LogP contribution in [-0.2, 0) is 17.9 Å². The molecule has 0 saturated carbocycles. The van der Waals surface area contributed by atoms with Crippen LogP contribution in [0.25, 0.3) is 0 Å². The third-order valence-electron chi connectivity index (χ3n) is 4.17. The van der Waals surface area contributed by atoms with Gasteiger partial charge < -0.3 is 10.6 Å². The minimum Gasteiger partial charge on any atom is -0.348 e. The second-order valence-electron chi connectivity index (χ2n) is 6.45. The quantitative estimate of drug-likeness (QED) is 0.708. The van der Waals surface area contributed by atoms with E-state index in [2.05, 4.69) is 15.7 Å². The molecule has 0 atom stereocenters. The first kappa shape index (κ1) is 18.4. The molecule has 0 aliphatic heterocycles. The van der Waals surface area contributed by atoms with Gasteiger partial charge in [-0.2, -0.15) is 5.10 Å². The fourth-order valence-corrected chi connectivity index (χ4v) is 2.76. The molecule has 0 unspecified atom stereocenters. The van der Waals surface area contributed by atoms with Crippen LogP contribution in [0.1, 0.15) is 27.0 Å². The molecule has 6 heteroatoms. The van der Waals surface area contributed by atoms with E-state index in [9.17, 15) is 9.59 Å². The SMILES string of the molecule is Cc1ccc(C)c(C(=O)NCc2cccc(NC(=O)Cn3cccn3)c2)c1. The summed E-state index contributed by atoms with van der Waals surface area (Å²) in [4.78, 5) is 24.5. The van der Waals surface area contributed by atoms with Gasteiger partial charge in [-0.1, -0.05) is 29.8 Å². The third kappa shape index (κ3) is 5.04. The zero-order chi connectivity index (χ0) is 19.2. The van der Waals surface area contributed by atoms with Crippen molar-refractivity contribution in [1.29, 1.82) is 0 Å². The van der Waals surface area contributed by atoms with Crippen molar-refractivity contribution in [2.45, 2.75) is 26.9 Å². The lowest BCUT2D eigenvalue weighted by Crippen LogP contribution is -2.24. The van der Waals surface area contributed by atoms with E-state index in [0.29, 0.717) is 17.8 Å². The molecule has 2 N–H and O–H groups in total. The normalized spacial score (nSPS) is 10.4. The molecule has 3 aromatic rings. The van der Waals surface area contributed by atoms with Crippen LogP contribution in [0.2, 0.25) is 0 Å². The monoisotopic (exact) mass is 362 g/mol. The zero-order valence-electron chi connectivity index (χ0n) is 15.4. The Morgan fingerprint density at radius 1 is 1.07 bits per heavy atom. The van der Waals surface area contributed by atoms with Gasteiger partial charge in [0.25, 0.3) is 5.91 Å². The molecule has 138 valence electrons. The Labute approximate surface area is 158 Å². The molecule has 0 radical (unpaired) electrons. The maximum atomic E-state index is 12.4. The summed E-state index contributed by atoms with van der Waals surface area (Å²) in [6, 6.07) is 15.0. The highest BCUT2D eigenvalue weighted by Crippen LogP contribution is 2.13. The molecule has 0 aliphatic carbocycles. The van der Waals surface area contributed by atoms with Gasteiger partial charge in [0, 0.05) is 30.2 Å². The van der Waals surface area contributed by atoms with Crippen LogP contribution in [0, 0.1) is 13.8 Å². The number of aromatic nitrogens is 2. The van der Waals surface area contributed by atoms with Gasteiger partial charge in [-0.05, 0) is 49.2 Å². The summed E-state index contributed by atoms with van der Waals surface area (Å²) in [5, 5.41) is 9.79. The van der Waals surface area contributed by atoms with E-state index >= 15 is 0 Å². The number of rotatable bonds is 6. The fraction of sp³-hybridized carbons (Fsp3) is 0.190. The van der Waals surface area contributed by atoms with Crippen molar-refractivity contribution in [3.8, 4) is 0 Å². The van der Waals surface area contributed by atoms with Crippen LogP contribution >= 0.6 is 0 Å². The van der Waals surface area contributed by atoms with Gasteiger partial charge in [-0.3, -0.25) is 14.3 Å². The molecule has 0 saturated heterocycles. The predicted molar refractivity (Wildman–Crippen MR) is 104 cm³/mol. The molecule has 1 heterocycles. The first-order valence-electron chi connectivity index (χ1n) is 8.73. The number of aryl methyl sites for hydroxylation is 2. The van der Waals surface area contributed by atoms with E-state index in [1.807, 2.05) is 56.3 Å². The Morgan fingerprint density at radius 3 is 2.70 bits per heavy atom. The Kier molecular flexibility index (Phi) is 5.66. The van der Waals surface area contributed by atoms with Crippen molar-refractivity contribution < 1.29 is 9.59 Å². The van der Waals surface area contributed by atoms with Gasteiger partial charge in [0.1, 0.15) is 6.54 Å². The molecule has 0 spiro atoms. The van der Waals surface area contributed by atoms with E-state index in [-0.39, 0.29) is 18.4 Å². The number of anilines is 1. The number of nitrogens with zero attached hydrogens (tertiary/aromatic N) is 2. The summed E-state index contributed by atoms with van der Waals surface area (Å²) in [5.74, 6) is -0.264. The maximum absolute atomic E-state index is 12.4. The molecular weight excluding hydrogens is 340 g/mol. The lowest BCUT2D eigenvalue weighted by atomic mass is 10.0. The second kappa shape index (κ2) is 8.31. The molecule has 27 heavy (non-hydrogen) atoms. The number of amides is 2. The molecule has 0 bridgehead atoms. The van der Waals surface area contributed by atoms with Crippen molar-refractivity contribution in [3.05, 3.63) is 83.2 Å². The summed E-state index contributed by atoms with van der Waals surface area (Å²) in [5.41, 5.74) is 4.26. The Morgan fingerprint density at radius 2 is 1.93 bits per heavy atom. The molecule has 6 nitrogen and oxygen atoms in total. The number of hydrogen-bond donors (Lipinski definition) is 2. The van der Waals surface area contributed by atoms with Crippen molar-refractivity contribution in [2.75, 3.05) is 5.32 Å². The van der Waals surface area contributed by atoms with E-state index in [4.69, 9.17) is 0 Å². The van der Waals surface area contributed by atoms with Gasteiger partial charge in [-0.25, -0.2) is 0 Å². The Balaban J connectivity index is 1.59. The first-order valence-corrected chi connectivity index (χ1v) is 8.73. The highest BCUT2D eigenvalue weighted by molar-refractivity contribution is 5.95. The predicted octanol–water partition coefficient (Wildman–Crippen LogP) is 3.07. The minimum atomic E-state index is -0.157. The largest absolute Gasteiger partial charge is 0.348 e. The highest BCUT2D eigenvalue weighted by atomic mass is 16.2. The van der Waals surface area contributed by atoms with Gasteiger partial charge in [0.2, 0.25) is 5.91 Å². The molecule has 2 amide bonds. The van der Waals surface area contributed by atoms with E-state index in [0.717, 1.165) is 16.7 Å². The van der Waals surface area contributed by atoms with Gasteiger partial charge in [0.15, 0.2) is 0 Å². The standard InChI is InChI=1S/C21H22N4O2/c1-15-7-8-16(2)19(11-15)21(27)22-13-17-5-3-6-18(12-17)24-20(26)14-25-10-4-9-23-25/h3-12H,13-14H2,1-2H3,(H,22,27)(H,24,26). The van der Waals surface area contributed by atoms with Crippen LogP contribution in [0.15, 0.2) is 60.9 Å². The fourth-order valence-electron chi connectivity index (χ4n) is 2.76. The van der Waals surface area contributed by atoms with Crippen molar-refractivity contribution in [2.24, 2.45) is 0 Å². The maximum Gasteiger partial charge on any atom is 0.251 e. The topological polar surface area (TPSA) is 76.0 Å².